The minimum Gasteiger partial charge on any atom is -0.382 e. The number of aryl methyl sites for hydroxylation is 1. The Balaban J connectivity index is 1.95. The van der Waals surface area contributed by atoms with Crippen molar-refractivity contribution < 1.29 is 4.74 Å². The van der Waals surface area contributed by atoms with Crippen LogP contribution >= 0.6 is 0 Å². The van der Waals surface area contributed by atoms with Crippen molar-refractivity contribution in [1.29, 1.82) is 0 Å². The van der Waals surface area contributed by atoms with Crippen LogP contribution in [0.4, 0.5) is 5.69 Å². The number of ether oxygens (including phenoxy) is 1. The van der Waals surface area contributed by atoms with E-state index >= 15 is 0 Å². The lowest BCUT2D eigenvalue weighted by Crippen LogP contribution is -2.32. The average molecular weight is 206 g/mol. The van der Waals surface area contributed by atoms with Gasteiger partial charge in [0.1, 0.15) is 0 Å². The molecule has 2 heterocycles. The highest BCUT2D eigenvalue weighted by atomic mass is 16.5. The Hall–Kier alpha value is -1.09. The van der Waals surface area contributed by atoms with Gasteiger partial charge in [0.2, 0.25) is 0 Å². The van der Waals surface area contributed by atoms with Crippen LogP contribution in [0.25, 0.3) is 0 Å². The highest BCUT2D eigenvalue weighted by Crippen LogP contribution is 2.25. The summed E-state index contributed by atoms with van der Waals surface area (Å²) in [6.07, 6.45) is 6.00. The number of anilines is 1. The molecule has 0 bridgehead atoms. The first kappa shape index (κ1) is 10.4. The van der Waals surface area contributed by atoms with E-state index in [2.05, 4.69) is 24.1 Å². The van der Waals surface area contributed by atoms with Crippen LogP contribution in [0.5, 0.6) is 0 Å². The van der Waals surface area contributed by atoms with E-state index in [4.69, 9.17) is 4.74 Å². The van der Waals surface area contributed by atoms with Crippen LogP contribution in [0.3, 0.4) is 0 Å². The standard InChI is InChI=1S/C12H18N2O/c1-10-8-13-6-4-11(10)14-9-12(2)5-3-7-15-12/h4,6,8H,3,5,7,9H2,1-2H3,(H,13,14). The minimum absolute atomic E-state index is 0.00963. The summed E-state index contributed by atoms with van der Waals surface area (Å²) in [5, 5.41) is 3.43. The molecule has 1 fully saturated rings. The van der Waals surface area contributed by atoms with Crippen LogP contribution < -0.4 is 5.32 Å². The summed E-state index contributed by atoms with van der Waals surface area (Å²) in [4.78, 5) is 4.07. The van der Waals surface area contributed by atoms with Crippen LogP contribution in [0.1, 0.15) is 25.3 Å². The Morgan fingerprint density at radius 2 is 2.47 bits per heavy atom. The van der Waals surface area contributed by atoms with Gasteiger partial charge in [0.05, 0.1) is 5.60 Å². The van der Waals surface area contributed by atoms with Crippen molar-refractivity contribution >= 4 is 5.69 Å². The van der Waals surface area contributed by atoms with Gasteiger partial charge in [-0.1, -0.05) is 0 Å². The van der Waals surface area contributed by atoms with E-state index in [0.29, 0.717) is 0 Å². The number of hydrogen-bond donors (Lipinski definition) is 1. The molecular formula is C12H18N2O. The van der Waals surface area contributed by atoms with Gasteiger partial charge in [0, 0.05) is 31.2 Å². The maximum Gasteiger partial charge on any atom is 0.0826 e. The third-order valence-electron chi connectivity index (χ3n) is 2.97. The Bertz CT molecular complexity index is 332. The van der Waals surface area contributed by atoms with E-state index in [1.165, 1.54) is 12.0 Å². The highest BCUT2D eigenvalue weighted by molar-refractivity contribution is 5.48. The molecule has 1 aromatic heterocycles. The van der Waals surface area contributed by atoms with Gasteiger partial charge in [0.15, 0.2) is 0 Å². The quantitative estimate of drug-likeness (QED) is 0.824. The maximum absolute atomic E-state index is 5.72. The zero-order valence-corrected chi connectivity index (χ0v) is 9.42. The summed E-state index contributed by atoms with van der Waals surface area (Å²) in [7, 11) is 0. The fraction of sp³-hybridized carbons (Fsp3) is 0.583. The van der Waals surface area contributed by atoms with Crippen LogP contribution in [-0.2, 0) is 4.74 Å². The average Bonchev–Trinajstić information content (AvgIpc) is 2.65. The minimum atomic E-state index is 0.00963. The lowest BCUT2D eigenvalue weighted by atomic mass is 10.0. The third kappa shape index (κ3) is 2.48. The summed E-state index contributed by atoms with van der Waals surface area (Å²) in [6.45, 7) is 6.00. The maximum atomic E-state index is 5.72. The summed E-state index contributed by atoms with van der Waals surface area (Å²) in [6, 6.07) is 2.01. The molecule has 1 unspecified atom stereocenters. The Kier molecular flexibility index (Phi) is 2.91. The molecule has 1 aliphatic heterocycles. The molecule has 1 atom stereocenters. The van der Waals surface area contributed by atoms with E-state index in [1.807, 2.05) is 18.5 Å². The monoisotopic (exact) mass is 206 g/mol. The molecule has 15 heavy (non-hydrogen) atoms. The van der Waals surface area contributed by atoms with E-state index in [-0.39, 0.29) is 5.60 Å². The molecule has 1 saturated heterocycles. The highest BCUT2D eigenvalue weighted by Gasteiger charge is 2.29. The van der Waals surface area contributed by atoms with Crippen molar-refractivity contribution in [1.82, 2.24) is 4.98 Å². The van der Waals surface area contributed by atoms with E-state index in [0.717, 1.165) is 25.3 Å². The Labute approximate surface area is 90.9 Å². The zero-order chi connectivity index (χ0) is 10.7. The molecule has 3 heteroatoms. The smallest absolute Gasteiger partial charge is 0.0826 e. The fourth-order valence-corrected chi connectivity index (χ4v) is 1.93. The van der Waals surface area contributed by atoms with Crippen LogP contribution in [0, 0.1) is 6.92 Å². The van der Waals surface area contributed by atoms with E-state index < -0.39 is 0 Å². The second-order valence-electron chi connectivity index (χ2n) is 4.45. The summed E-state index contributed by atoms with van der Waals surface area (Å²) in [5.74, 6) is 0. The van der Waals surface area contributed by atoms with Gasteiger partial charge in [-0.05, 0) is 38.3 Å². The van der Waals surface area contributed by atoms with E-state index in [9.17, 15) is 0 Å². The molecule has 0 amide bonds. The predicted molar refractivity (Wildman–Crippen MR) is 61.1 cm³/mol. The van der Waals surface area contributed by atoms with Crippen molar-refractivity contribution in [3.8, 4) is 0 Å². The van der Waals surface area contributed by atoms with Crippen molar-refractivity contribution in [2.24, 2.45) is 0 Å². The van der Waals surface area contributed by atoms with Crippen LogP contribution in [0.15, 0.2) is 18.5 Å². The number of pyridine rings is 1. The molecule has 82 valence electrons. The number of hydrogen-bond acceptors (Lipinski definition) is 3. The molecule has 1 aliphatic rings. The van der Waals surface area contributed by atoms with Crippen molar-refractivity contribution in [3.05, 3.63) is 24.0 Å². The second-order valence-corrected chi connectivity index (χ2v) is 4.45. The number of aromatic nitrogens is 1. The molecule has 0 radical (unpaired) electrons. The van der Waals surface area contributed by atoms with Gasteiger partial charge >= 0.3 is 0 Å². The normalized spacial score (nSPS) is 25.5. The third-order valence-corrected chi connectivity index (χ3v) is 2.97. The zero-order valence-electron chi connectivity index (χ0n) is 9.42. The Morgan fingerprint density at radius 1 is 1.60 bits per heavy atom. The van der Waals surface area contributed by atoms with Gasteiger partial charge in [-0.25, -0.2) is 0 Å². The number of nitrogens with one attached hydrogen (secondary N) is 1. The van der Waals surface area contributed by atoms with Gasteiger partial charge < -0.3 is 10.1 Å². The van der Waals surface area contributed by atoms with Crippen molar-refractivity contribution in [2.75, 3.05) is 18.5 Å². The molecule has 0 saturated carbocycles. The largest absolute Gasteiger partial charge is 0.382 e. The van der Waals surface area contributed by atoms with Crippen LogP contribution in [-0.4, -0.2) is 23.7 Å². The first-order valence-electron chi connectivity index (χ1n) is 5.48. The molecule has 2 rings (SSSR count). The topological polar surface area (TPSA) is 34.2 Å². The Morgan fingerprint density at radius 3 is 3.13 bits per heavy atom. The summed E-state index contributed by atoms with van der Waals surface area (Å²) >= 11 is 0. The summed E-state index contributed by atoms with van der Waals surface area (Å²) < 4.78 is 5.72. The second kappa shape index (κ2) is 4.19. The summed E-state index contributed by atoms with van der Waals surface area (Å²) in [5.41, 5.74) is 2.34. The molecule has 3 nitrogen and oxygen atoms in total. The van der Waals surface area contributed by atoms with Gasteiger partial charge in [-0.3, -0.25) is 4.98 Å². The molecule has 1 aromatic rings. The molecule has 1 N–H and O–H groups in total. The predicted octanol–water partition coefficient (Wildman–Crippen LogP) is 2.37. The van der Waals surface area contributed by atoms with Crippen molar-refractivity contribution in [2.45, 2.75) is 32.3 Å². The lowest BCUT2D eigenvalue weighted by molar-refractivity contribution is 0.0315. The number of nitrogens with zero attached hydrogens (tertiary/aromatic N) is 1. The first-order valence-corrected chi connectivity index (χ1v) is 5.48. The van der Waals surface area contributed by atoms with E-state index in [1.54, 1.807) is 0 Å². The van der Waals surface area contributed by atoms with Gasteiger partial charge in [-0.2, -0.15) is 0 Å². The first-order chi connectivity index (χ1) is 7.20. The molecular weight excluding hydrogens is 188 g/mol. The fourth-order valence-electron chi connectivity index (χ4n) is 1.93. The van der Waals surface area contributed by atoms with Crippen molar-refractivity contribution in [3.63, 3.8) is 0 Å². The van der Waals surface area contributed by atoms with Crippen LogP contribution in [0.2, 0.25) is 0 Å². The molecule has 0 aliphatic carbocycles. The molecule has 0 aromatic carbocycles. The van der Waals surface area contributed by atoms with Gasteiger partial charge in [-0.15, -0.1) is 0 Å². The number of rotatable bonds is 3. The lowest BCUT2D eigenvalue weighted by Gasteiger charge is -2.24. The van der Waals surface area contributed by atoms with Gasteiger partial charge in [0.25, 0.3) is 0 Å². The molecule has 0 spiro atoms. The SMILES string of the molecule is Cc1cnccc1NCC1(C)CCCO1.